The molecule has 0 saturated heterocycles. The maximum Gasteiger partial charge on any atom is 0.263 e. The Balaban J connectivity index is 2.10. The number of ketones is 1. The quantitative estimate of drug-likeness (QED) is 0.648. The Morgan fingerprint density at radius 1 is 1.11 bits per heavy atom. The molecule has 2 heterocycles. The van der Waals surface area contributed by atoms with Crippen LogP contribution in [-0.2, 0) is 0 Å². The number of hydrogen-bond donors (Lipinski definition) is 0. The van der Waals surface area contributed by atoms with Gasteiger partial charge in [-0.25, -0.2) is 0 Å². The van der Waals surface area contributed by atoms with Gasteiger partial charge >= 0.3 is 0 Å². The van der Waals surface area contributed by atoms with Crippen LogP contribution in [0.2, 0.25) is 5.02 Å². The van der Waals surface area contributed by atoms with E-state index in [1.54, 1.807) is 43.3 Å². The highest BCUT2D eigenvalue weighted by Crippen LogP contribution is 2.27. The van der Waals surface area contributed by atoms with Gasteiger partial charge in [0.1, 0.15) is 11.3 Å². The number of halogens is 1. The average Bonchev–Trinajstić information content (AvgIpc) is 2.95. The molecule has 0 radical (unpaired) electrons. The SMILES string of the molecule is Cc1ccc(C(=O)c2cc3c(Cl)cccc3o2)o1. The van der Waals surface area contributed by atoms with E-state index in [1.165, 1.54) is 0 Å². The van der Waals surface area contributed by atoms with Gasteiger partial charge in [-0.05, 0) is 37.3 Å². The minimum absolute atomic E-state index is 0.229. The molecule has 0 aliphatic rings. The average molecular weight is 261 g/mol. The van der Waals surface area contributed by atoms with Crippen LogP contribution in [-0.4, -0.2) is 5.78 Å². The Morgan fingerprint density at radius 2 is 1.94 bits per heavy atom. The van der Waals surface area contributed by atoms with Gasteiger partial charge in [-0.2, -0.15) is 0 Å². The van der Waals surface area contributed by atoms with Gasteiger partial charge in [0.15, 0.2) is 11.5 Å². The number of furan rings is 2. The van der Waals surface area contributed by atoms with Crippen LogP contribution in [0.3, 0.4) is 0 Å². The number of hydrogen-bond acceptors (Lipinski definition) is 3. The molecule has 0 spiro atoms. The smallest absolute Gasteiger partial charge is 0.263 e. The van der Waals surface area contributed by atoms with E-state index in [-0.39, 0.29) is 17.3 Å². The van der Waals surface area contributed by atoms with Crippen molar-refractivity contribution < 1.29 is 13.6 Å². The summed E-state index contributed by atoms with van der Waals surface area (Å²) in [6.45, 7) is 1.78. The number of carbonyl (C=O) groups excluding carboxylic acids is 1. The summed E-state index contributed by atoms with van der Waals surface area (Å²) in [7, 11) is 0. The van der Waals surface area contributed by atoms with Gasteiger partial charge in [0, 0.05) is 5.39 Å². The van der Waals surface area contributed by atoms with Gasteiger partial charge in [0.2, 0.25) is 0 Å². The summed E-state index contributed by atoms with van der Waals surface area (Å²) in [5.74, 6) is 0.901. The minimum atomic E-state index is -0.282. The Bertz CT molecular complexity index is 736. The molecule has 3 nitrogen and oxygen atoms in total. The van der Waals surface area contributed by atoms with Gasteiger partial charge in [-0.3, -0.25) is 4.79 Å². The van der Waals surface area contributed by atoms with Crippen molar-refractivity contribution in [1.82, 2.24) is 0 Å². The molecule has 0 bridgehead atoms. The summed E-state index contributed by atoms with van der Waals surface area (Å²) in [5.41, 5.74) is 0.592. The van der Waals surface area contributed by atoms with E-state index in [0.717, 1.165) is 5.39 Å². The van der Waals surface area contributed by atoms with E-state index in [0.29, 0.717) is 16.4 Å². The molecule has 2 aromatic heterocycles. The Morgan fingerprint density at radius 3 is 2.61 bits per heavy atom. The number of rotatable bonds is 2. The molecular weight excluding hydrogens is 252 g/mol. The number of benzene rings is 1. The first-order chi connectivity index (χ1) is 8.65. The van der Waals surface area contributed by atoms with Crippen LogP contribution in [0.25, 0.3) is 11.0 Å². The third kappa shape index (κ3) is 1.73. The predicted molar refractivity (Wildman–Crippen MR) is 68.1 cm³/mol. The van der Waals surface area contributed by atoms with E-state index in [4.69, 9.17) is 20.4 Å². The van der Waals surface area contributed by atoms with Gasteiger partial charge < -0.3 is 8.83 Å². The molecule has 0 fully saturated rings. The zero-order valence-electron chi connectivity index (χ0n) is 9.57. The first kappa shape index (κ1) is 11.1. The zero-order chi connectivity index (χ0) is 12.7. The maximum absolute atomic E-state index is 12.1. The van der Waals surface area contributed by atoms with Crippen molar-refractivity contribution in [3.63, 3.8) is 0 Å². The molecule has 90 valence electrons. The summed E-state index contributed by atoms with van der Waals surface area (Å²) in [6.07, 6.45) is 0. The highest BCUT2D eigenvalue weighted by Gasteiger charge is 2.18. The summed E-state index contributed by atoms with van der Waals surface area (Å²) < 4.78 is 10.8. The predicted octanol–water partition coefficient (Wildman–Crippen LogP) is 4.22. The summed E-state index contributed by atoms with van der Waals surface area (Å²) in [6, 6.07) is 10.3. The van der Waals surface area contributed by atoms with Crippen molar-refractivity contribution in [3.8, 4) is 0 Å². The first-order valence-corrected chi connectivity index (χ1v) is 5.82. The monoisotopic (exact) mass is 260 g/mol. The number of fused-ring (bicyclic) bond motifs is 1. The molecule has 0 atom stereocenters. The lowest BCUT2D eigenvalue weighted by molar-refractivity contribution is 0.0984. The lowest BCUT2D eigenvalue weighted by Crippen LogP contribution is -1.96. The van der Waals surface area contributed by atoms with Crippen LogP contribution < -0.4 is 0 Å². The van der Waals surface area contributed by atoms with E-state index in [1.807, 2.05) is 0 Å². The molecule has 3 rings (SSSR count). The fraction of sp³-hybridized carbons (Fsp3) is 0.0714. The molecule has 3 aromatic rings. The third-order valence-corrected chi connectivity index (χ3v) is 3.03. The van der Waals surface area contributed by atoms with Crippen LogP contribution in [0.15, 0.2) is 45.2 Å². The molecule has 4 heteroatoms. The largest absolute Gasteiger partial charge is 0.458 e. The first-order valence-electron chi connectivity index (χ1n) is 5.44. The fourth-order valence-corrected chi connectivity index (χ4v) is 2.04. The second kappa shape index (κ2) is 4.03. The van der Waals surface area contributed by atoms with E-state index in [2.05, 4.69) is 0 Å². The Hall–Kier alpha value is -2.00. The van der Waals surface area contributed by atoms with Crippen LogP contribution in [0.1, 0.15) is 22.1 Å². The number of carbonyl (C=O) groups is 1. The lowest BCUT2D eigenvalue weighted by atomic mass is 10.2. The van der Waals surface area contributed by atoms with Crippen LogP contribution in [0.5, 0.6) is 0 Å². The van der Waals surface area contributed by atoms with Crippen LogP contribution in [0, 0.1) is 6.92 Å². The minimum Gasteiger partial charge on any atom is -0.458 e. The summed E-state index contributed by atoms with van der Waals surface area (Å²) >= 11 is 6.03. The molecule has 0 unspecified atom stereocenters. The van der Waals surface area contributed by atoms with Crippen molar-refractivity contribution >= 4 is 28.4 Å². The molecule has 0 aliphatic heterocycles. The maximum atomic E-state index is 12.1. The van der Waals surface area contributed by atoms with Crippen molar-refractivity contribution in [2.45, 2.75) is 6.92 Å². The van der Waals surface area contributed by atoms with Gasteiger partial charge in [-0.1, -0.05) is 17.7 Å². The Labute approximate surface area is 108 Å². The number of aryl methyl sites for hydroxylation is 1. The topological polar surface area (TPSA) is 43.4 Å². The third-order valence-electron chi connectivity index (χ3n) is 2.70. The second-order valence-electron chi connectivity index (χ2n) is 4.00. The Kier molecular flexibility index (Phi) is 2.49. The molecule has 0 amide bonds. The fourth-order valence-electron chi connectivity index (χ4n) is 1.82. The molecule has 1 aromatic carbocycles. The highest BCUT2D eigenvalue weighted by atomic mass is 35.5. The van der Waals surface area contributed by atoms with Gasteiger partial charge in [0.25, 0.3) is 5.78 Å². The molecule has 0 N–H and O–H groups in total. The van der Waals surface area contributed by atoms with Crippen molar-refractivity contribution in [2.75, 3.05) is 0 Å². The molecule has 18 heavy (non-hydrogen) atoms. The van der Waals surface area contributed by atoms with Crippen LogP contribution >= 0.6 is 11.6 Å². The van der Waals surface area contributed by atoms with Crippen molar-refractivity contribution in [2.24, 2.45) is 0 Å². The zero-order valence-corrected chi connectivity index (χ0v) is 10.3. The normalized spacial score (nSPS) is 11.0. The lowest BCUT2D eigenvalue weighted by Gasteiger charge is -1.91. The van der Waals surface area contributed by atoms with Gasteiger partial charge in [-0.15, -0.1) is 0 Å². The standard InChI is InChI=1S/C14H9ClO3/c1-8-5-6-12(17-8)14(16)13-7-9-10(15)3-2-4-11(9)18-13/h2-7H,1H3. The molecule has 0 aliphatic carbocycles. The van der Waals surface area contributed by atoms with Crippen molar-refractivity contribution in [3.05, 3.63) is 58.7 Å². The van der Waals surface area contributed by atoms with E-state index in [9.17, 15) is 4.79 Å². The van der Waals surface area contributed by atoms with Crippen molar-refractivity contribution in [1.29, 1.82) is 0 Å². The van der Waals surface area contributed by atoms with E-state index < -0.39 is 0 Å². The summed E-state index contributed by atoms with van der Waals surface area (Å²) in [4.78, 5) is 12.1. The van der Waals surface area contributed by atoms with E-state index >= 15 is 0 Å². The highest BCUT2D eigenvalue weighted by molar-refractivity contribution is 6.35. The van der Waals surface area contributed by atoms with Crippen LogP contribution in [0.4, 0.5) is 0 Å². The van der Waals surface area contributed by atoms with Gasteiger partial charge in [0.05, 0.1) is 5.02 Å². The summed E-state index contributed by atoms with van der Waals surface area (Å²) in [5, 5.41) is 1.29. The molecular formula is C14H9ClO3. The second-order valence-corrected chi connectivity index (χ2v) is 4.41. The molecule has 0 saturated carbocycles.